The van der Waals surface area contributed by atoms with Crippen LogP contribution in [-0.2, 0) is 19.5 Å². The summed E-state index contributed by atoms with van der Waals surface area (Å²) in [6.07, 6.45) is 0.885. The molecule has 0 fully saturated rings. The molecule has 0 radical (unpaired) electrons. The molecule has 0 saturated heterocycles. The number of hydrogen-bond donors (Lipinski definition) is 1. The van der Waals surface area contributed by atoms with Gasteiger partial charge in [-0.25, -0.2) is 0 Å². The van der Waals surface area contributed by atoms with Crippen LogP contribution in [0.3, 0.4) is 0 Å². The smallest absolute Gasteiger partial charge is 0.267 e. The Hall–Kier alpha value is -2.54. The van der Waals surface area contributed by atoms with E-state index in [1.807, 2.05) is 37.3 Å². The Morgan fingerprint density at radius 1 is 1.10 bits per heavy atom. The average molecular weight is 420 g/mol. The zero-order valence-corrected chi connectivity index (χ0v) is 17.8. The number of rotatable bonds is 3. The van der Waals surface area contributed by atoms with Gasteiger partial charge >= 0.3 is 0 Å². The maximum absolute atomic E-state index is 13.5. The Bertz CT molecular complexity index is 1320. The quantitative estimate of drug-likeness (QED) is 0.476. The van der Waals surface area contributed by atoms with Crippen molar-refractivity contribution in [2.75, 3.05) is 6.54 Å². The molecule has 0 aliphatic carbocycles. The van der Waals surface area contributed by atoms with Gasteiger partial charge in [0.15, 0.2) is 4.77 Å². The Balaban J connectivity index is 1.58. The van der Waals surface area contributed by atoms with Crippen molar-refractivity contribution in [2.45, 2.75) is 26.4 Å². The number of aromatic amines is 1. The molecular formula is C23H21N3OS2. The van der Waals surface area contributed by atoms with Crippen LogP contribution in [0.1, 0.15) is 21.6 Å². The molecule has 0 atom stereocenters. The summed E-state index contributed by atoms with van der Waals surface area (Å²) in [6.45, 7) is 4.75. The van der Waals surface area contributed by atoms with Gasteiger partial charge in [0.1, 0.15) is 4.83 Å². The number of hydrogen-bond acceptors (Lipinski definition) is 4. The van der Waals surface area contributed by atoms with Gasteiger partial charge in [0.2, 0.25) is 0 Å². The molecule has 29 heavy (non-hydrogen) atoms. The molecule has 1 aliphatic heterocycles. The highest BCUT2D eigenvalue weighted by Gasteiger charge is 2.24. The lowest BCUT2D eigenvalue weighted by Crippen LogP contribution is -2.30. The second kappa shape index (κ2) is 7.37. The van der Waals surface area contributed by atoms with Gasteiger partial charge < -0.3 is 4.98 Å². The monoisotopic (exact) mass is 419 g/mol. The first-order valence-corrected chi connectivity index (χ1v) is 11.0. The van der Waals surface area contributed by atoms with E-state index in [4.69, 9.17) is 12.2 Å². The first kappa shape index (κ1) is 18.5. The van der Waals surface area contributed by atoms with Gasteiger partial charge in [0.25, 0.3) is 5.56 Å². The normalized spacial score (nSPS) is 14.2. The molecule has 3 heterocycles. The van der Waals surface area contributed by atoms with E-state index in [1.165, 1.54) is 16.0 Å². The summed E-state index contributed by atoms with van der Waals surface area (Å²) in [4.78, 5) is 21.4. The number of benzene rings is 2. The summed E-state index contributed by atoms with van der Waals surface area (Å²) >= 11 is 7.24. The number of fused-ring (bicyclic) bond motifs is 3. The second-order valence-electron chi connectivity index (χ2n) is 7.51. The predicted molar refractivity (Wildman–Crippen MR) is 122 cm³/mol. The molecule has 0 bridgehead atoms. The third-order valence-corrected chi connectivity index (χ3v) is 7.00. The Morgan fingerprint density at radius 2 is 1.86 bits per heavy atom. The van der Waals surface area contributed by atoms with Crippen LogP contribution < -0.4 is 5.56 Å². The van der Waals surface area contributed by atoms with E-state index < -0.39 is 0 Å². The summed E-state index contributed by atoms with van der Waals surface area (Å²) in [5.74, 6) is 0. The van der Waals surface area contributed by atoms with E-state index in [9.17, 15) is 4.79 Å². The fraction of sp³-hybridized carbons (Fsp3) is 0.217. The molecule has 2 aromatic carbocycles. The zero-order chi connectivity index (χ0) is 20.0. The fourth-order valence-electron chi connectivity index (χ4n) is 4.14. The molecule has 1 aliphatic rings. The molecule has 0 spiro atoms. The lowest BCUT2D eigenvalue weighted by molar-refractivity contribution is 0.249. The van der Waals surface area contributed by atoms with Gasteiger partial charge in [-0.05, 0) is 48.3 Å². The summed E-state index contributed by atoms with van der Waals surface area (Å²) in [5, 5.41) is 0.807. The van der Waals surface area contributed by atoms with Gasteiger partial charge in [0.05, 0.1) is 11.1 Å². The van der Waals surface area contributed by atoms with Crippen LogP contribution in [-0.4, -0.2) is 21.0 Å². The van der Waals surface area contributed by atoms with E-state index in [-0.39, 0.29) is 5.56 Å². The lowest BCUT2D eigenvalue weighted by atomic mass is 10.0. The second-order valence-corrected chi connectivity index (χ2v) is 9.00. The van der Waals surface area contributed by atoms with E-state index in [2.05, 4.69) is 34.1 Å². The van der Waals surface area contributed by atoms with E-state index in [1.54, 1.807) is 15.9 Å². The third kappa shape index (κ3) is 3.27. The minimum atomic E-state index is -0.00735. The molecule has 6 heteroatoms. The summed E-state index contributed by atoms with van der Waals surface area (Å²) in [6, 6.07) is 18.4. The van der Waals surface area contributed by atoms with Gasteiger partial charge in [-0.1, -0.05) is 48.5 Å². The molecule has 0 saturated carbocycles. The van der Waals surface area contributed by atoms with Crippen molar-refractivity contribution < 1.29 is 0 Å². The minimum Gasteiger partial charge on any atom is -0.323 e. The summed E-state index contributed by atoms with van der Waals surface area (Å²) < 4.78 is 2.10. The number of H-pyrrole nitrogens is 1. The fourth-order valence-corrected chi connectivity index (χ4v) is 5.77. The predicted octanol–water partition coefficient (Wildman–Crippen LogP) is 4.98. The standard InChI is InChI=1S/C23H21N3OS2/c1-15-7-5-6-10-18(15)26-22(27)20-17-11-12-25(13-16-8-3-2-4-9-16)14-19(17)29-21(20)24-23(26)28/h2-10H,11-14H2,1H3,(H,24,28). The Labute approximate surface area is 178 Å². The van der Waals surface area contributed by atoms with Crippen molar-refractivity contribution in [3.63, 3.8) is 0 Å². The number of nitrogens with one attached hydrogen (secondary N) is 1. The van der Waals surface area contributed by atoms with Crippen LogP contribution in [0.25, 0.3) is 15.9 Å². The van der Waals surface area contributed by atoms with Crippen LogP contribution >= 0.6 is 23.6 Å². The van der Waals surface area contributed by atoms with Crippen LogP contribution in [0, 0.1) is 11.7 Å². The third-order valence-electron chi connectivity index (χ3n) is 5.58. The molecule has 5 rings (SSSR count). The van der Waals surface area contributed by atoms with Crippen molar-refractivity contribution in [3.8, 4) is 5.69 Å². The molecule has 2 aromatic heterocycles. The maximum Gasteiger partial charge on any atom is 0.267 e. The van der Waals surface area contributed by atoms with Gasteiger partial charge in [0, 0.05) is 24.5 Å². The number of para-hydroxylation sites is 1. The molecule has 146 valence electrons. The van der Waals surface area contributed by atoms with Gasteiger partial charge in [-0.2, -0.15) is 0 Å². The van der Waals surface area contributed by atoms with E-state index >= 15 is 0 Å². The number of nitrogens with zero attached hydrogens (tertiary/aromatic N) is 2. The highest BCUT2D eigenvalue weighted by Crippen LogP contribution is 2.33. The van der Waals surface area contributed by atoms with Crippen molar-refractivity contribution in [1.29, 1.82) is 0 Å². The minimum absolute atomic E-state index is 0.00735. The zero-order valence-electron chi connectivity index (χ0n) is 16.1. The SMILES string of the molecule is Cc1ccccc1-n1c(=S)[nH]c2sc3c(c2c1=O)CCN(Cc1ccccc1)C3. The first-order valence-electron chi connectivity index (χ1n) is 9.73. The Morgan fingerprint density at radius 3 is 2.66 bits per heavy atom. The molecule has 0 amide bonds. The topological polar surface area (TPSA) is 41.0 Å². The van der Waals surface area contributed by atoms with Crippen LogP contribution in [0.15, 0.2) is 59.4 Å². The van der Waals surface area contributed by atoms with Gasteiger partial charge in [-0.3, -0.25) is 14.3 Å². The van der Waals surface area contributed by atoms with Gasteiger partial charge in [-0.15, -0.1) is 11.3 Å². The highest BCUT2D eigenvalue weighted by atomic mass is 32.1. The van der Waals surface area contributed by atoms with Crippen LogP contribution in [0.5, 0.6) is 0 Å². The van der Waals surface area contributed by atoms with Crippen molar-refractivity contribution >= 4 is 33.8 Å². The number of aryl methyl sites for hydroxylation is 1. The molecule has 1 N–H and O–H groups in total. The van der Waals surface area contributed by atoms with Crippen LogP contribution in [0.4, 0.5) is 0 Å². The summed E-state index contributed by atoms with van der Waals surface area (Å²) in [7, 11) is 0. The van der Waals surface area contributed by atoms with Crippen molar-refractivity contribution in [1.82, 2.24) is 14.5 Å². The Kier molecular flexibility index (Phi) is 4.70. The van der Waals surface area contributed by atoms with E-state index in [0.29, 0.717) is 4.77 Å². The molecule has 4 nitrogen and oxygen atoms in total. The summed E-state index contributed by atoms with van der Waals surface area (Å²) in [5.41, 5.74) is 4.38. The van der Waals surface area contributed by atoms with Crippen molar-refractivity contribution in [2.24, 2.45) is 0 Å². The molecular weight excluding hydrogens is 398 g/mol. The van der Waals surface area contributed by atoms with E-state index in [0.717, 1.165) is 47.5 Å². The number of thiophene rings is 1. The van der Waals surface area contributed by atoms with Crippen molar-refractivity contribution in [3.05, 3.63) is 91.3 Å². The first-order chi connectivity index (χ1) is 14.1. The molecule has 4 aromatic rings. The highest BCUT2D eigenvalue weighted by molar-refractivity contribution is 7.71. The lowest BCUT2D eigenvalue weighted by Gasteiger charge is -2.26. The van der Waals surface area contributed by atoms with Crippen LogP contribution in [0.2, 0.25) is 0 Å². The molecule has 0 unspecified atom stereocenters. The maximum atomic E-state index is 13.5. The largest absolute Gasteiger partial charge is 0.323 e. The average Bonchev–Trinajstić information content (AvgIpc) is 3.07. The number of aromatic nitrogens is 2.